The van der Waals surface area contributed by atoms with Gasteiger partial charge in [0.15, 0.2) is 5.71 Å². The van der Waals surface area contributed by atoms with Gasteiger partial charge in [-0.2, -0.15) is 17.6 Å². The predicted molar refractivity (Wildman–Crippen MR) is 89.2 cm³/mol. The monoisotopic (exact) mass is 341 g/mol. The van der Waals surface area contributed by atoms with Gasteiger partial charge in [-0.25, -0.2) is 4.21 Å². The predicted octanol–water partition coefficient (Wildman–Crippen LogP) is 4.96. The molecule has 0 fully saturated rings. The average molecular weight is 341 g/mol. The fraction of sp³-hybridized carbons (Fsp3) is 0.353. The lowest BCUT2D eigenvalue weighted by molar-refractivity contribution is -0.0578. The molecule has 0 aliphatic carbocycles. The minimum Gasteiger partial charge on any atom is -0.234 e. The third-order valence-corrected chi connectivity index (χ3v) is 4.74. The molecule has 2 aromatic rings. The van der Waals surface area contributed by atoms with E-state index in [9.17, 15) is 17.4 Å². The van der Waals surface area contributed by atoms with Crippen molar-refractivity contribution >= 4 is 27.5 Å². The van der Waals surface area contributed by atoms with Crippen LogP contribution in [-0.4, -0.2) is 20.8 Å². The number of hydrogen-bond acceptors (Lipinski definition) is 1. The molecule has 0 aliphatic rings. The number of hydrogen-bond donors (Lipinski definition) is 0. The standard InChI is InChI=1S/C17H18F3NOS/c1-11-9-10-12-7-5-6-8-13(12)14(11)15(17(18,19)20)21-23(22)16(2,3)4/h5-10H,1-4H3/b21-15-. The van der Waals surface area contributed by atoms with Gasteiger partial charge in [-0.3, -0.25) is 0 Å². The van der Waals surface area contributed by atoms with Crippen molar-refractivity contribution in [3.8, 4) is 0 Å². The molecule has 0 N–H and O–H groups in total. The third kappa shape index (κ3) is 3.80. The fourth-order valence-corrected chi connectivity index (χ4v) is 2.79. The van der Waals surface area contributed by atoms with Crippen LogP contribution in [0.2, 0.25) is 0 Å². The minimum atomic E-state index is -4.68. The van der Waals surface area contributed by atoms with Crippen molar-refractivity contribution in [1.82, 2.24) is 0 Å². The molecule has 0 aromatic heterocycles. The molecule has 6 heteroatoms. The summed E-state index contributed by atoms with van der Waals surface area (Å²) in [7, 11) is -2.00. The molecule has 0 aliphatic heterocycles. The first kappa shape index (κ1) is 17.7. The van der Waals surface area contributed by atoms with E-state index in [0.29, 0.717) is 16.3 Å². The van der Waals surface area contributed by atoms with Gasteiger partial charge in [0.2, 0.25) is 0 Å². The normalized spacial score (nSPS) is 15.0. The number of rotatable bonds is 2. The number of alkyl halides is 3. The Labute approximate surface area is 136 Å². The maximum absolute atomic E-state index is 13.6. The Kier molecular flexibility index (Phi) is 4.66. The van der Waals surface area contributed by atoms with E-state index in [-0.39, 0.29) is 5.56 Å². The molecule has 0 saturated carbocycles. The van der Waals surface area contributed by atoms with Crippen molar-refractivity contribution in [1.29, 1.82) is 0 Å². The van der Waals surface area contributed by atoms with Gasteiger partial charge in [0.1, 0.15) is 11.0 Å². The summed E-state index contributed by atoms with van der Waals surface area (Å²) in [6, 6.07) is 10.2. The SMILES string of the molecule is Cc1ccc2ccccc2c1/C(=N/S(=O)C(C)(C)C)C(F)(F)F. The molecule has 2 rings (SSSR count). The van der Waals surface area contributed by atoms with Gasteiger partial charge < -0.3 is 0 Å². The quantitative estimate of drug-likeness (QED) is 0.710. The van der Waals surface area contributed by atoms with E-state index in [0.717, 1.165) is 0 Å². The van der Waals surface area contributed by atoms with Crippen LogP contribution in [0, 0.1) is 6.92 Å². The van der Waals surface area contributed by atoms with Gasteiger partial charge in [0.25, 0.3) is 0 Å². The molecule has 2 aromatic carbocycles. The highest BCUT2D eigenvalue weighted by atomic mass is 32.2. The average Bonchev–Trinajstić information content (AvgIpc) is 2.43. The first-order valence-corrected chi connectivity index (χ1v) is 8.19. The maximum atomic E-state index is 13.6. The Morgan fingerprint density at radius 1 is 1.04 bits per heavy atom. The number of nitrogens with zero attached hydrogens (tertiary/aromatic N) is 1. The summed E-state index contributed by atoms with van der Waals surface area (Å²) in [5.41, 5.74) is -0.640. The Morgan fingerprint density at radius 3 is 2.22 bits per heavy atom. The molecular weight excluding hydrogens is 323 g/mol. The highest BCUT2D eigenvalue weighted by molar-refractivity contribution is 7.85. The summed E-state index contributed by atoms with van der Waals surface area (Å²) in [6.07, 6.45) is -4.68. The van der Waals surface area contributed by atoms with E-state index in [4.69, 9.17) is 0 Å². The summed E-state index contributed by atoms with van der Waals surface area (Å²) in [4.78, 5) is 0. The number of halogens is 3. The van der Waals surface area contributed by atoms with Crippen LogP contribution in [0.4, 0.5) is 13.2 Å². The van der Waals surface area contributed by atoms with Crippen LogP contribution in [0.3, 0.4) is 0 Å². The van der Waals surface area contributed by atoms with Gasteiger partial charge in [0.05, 0.1) is 4.75 Å². The van der Waals surface area contributed by atoms with Gasteiger partial charge in [-0.05, 0) is 44.0 Å². The van der Waals surface area contributed by atoms with Gasteiger partial charge >= 0.3 is 6.18 Å². The van der Waals surface area contributed by atoms with Gasteiger partial charge in [0, 0.05) is 5.56 Å². The Balaban J connectivity index is 2.79. The molecule has 0 bridgehead atoms. The van der Waals surface area contributed by atoms with Crippen molar-refractivity contribution in [2.75, 3.05) is 0 Å². The largest absolute Gasteiger partial charge is 0.434 e. The Bertz CT molecular complexity index is 789. The van der Waals surface area contributed by atoms with E-state index in [2.05, 4.69) is 4.40 Å². The van der Waals surface area contributed by atoms with Crippen molar-refractivity contribution in [2.24, 2.45) is 4.40 Å². The lowest BCUT2D eigenvalue weighted by Crippen LogP contribution is -2.29. The van der Waals surface area contributed by atoms with Crippen LogP contribution in [-0.2, 0) is 11.0 Å². The number of benzene rings is 2. The van der Waals surface area contributed by atoms with Gasteiger partial charge in [-0.1, -0.05) is 36.4 Å². The zero-order valence-electron chi connectivity index (χ0n) is 13.4. The summed E-state index contributed by atoms with van der Waals surface area (Å²) in [5.74, 6) is 0. The molecule has 0 spiro atoms. The summed E-state index contributed by atoms with van der Waals surface area (Å²) in [5, 5.41) is 1.14. The molecule has 1 atom stereocenters. The van der Waals surface area contributed by atoms with Crippen LogP contribution >= 0.6 is 0 Å². The molecule has 0 amide bonds. The zero-order valence-corrected chi connectivity index (χ0v) is 14.2. The molecule has 0 radical (unpaired) electrons. The highest BCUT2D eigenvalue weighted by Crippen LogP contribution is 2.31. The molecular formula is C17H18F3NOS. The second-order valence-electron chi connectivity index (χ2n) is 6.28. The number of aryl methyl sites for hydroxylation is 1. The Morgan fingerprint density at radius 2 is 1.65 bits per heavy atom. The zero-order chi connectivity index (χ0) is 17.4. The summed E-state index contributed by atoms with van der Waals surface area (Å²) in [6.45, 7) is 6.38. The lowest BCUT2D eigenvalue weighted by Gasteiger charge is -2.19. The second kappa shape index (κ2) is 6.07. The van der Waals surface area contributed by atoms with Crippen LogP contribution in [0.25, 0.3) is 10.8 Å². The lowest BCUT2D eigenvalue weighted by atomic mass is 9.96. The van der Waals surface area contributed by atoms with Crippen LogP contribution in [0.15, 0.2) is 40.8 Å². The van der Waals surface area contributed by atoms with Crippen molar-refractivity contribution in [2.45, 2.75) is 38.6 Å². The summed E-state index contributed by atoms with van der Waals surface area (Å²) < 4.78 is 55.7. The van der Waals surface area contributed by atoms with Crippen LogP contribution in [0.5, 0.6) is 0 Å². The van der Waals surface area contributed by atoms with Crippen LogP contribution < -0.4 is 0 Å². The molecule has 0 saturated heterocycles. The topological polar surface area (TPSA) is 29.4 Å². The minimum absolute atomic E-state index is 0.00630. The van der Waals surface area contributed by atoms with Crippen LogP contribution in [0.1, 0.15) is 31.9 Å². The number of fused-ring (bicyclic) bond motifs is 1. The highest BCUT2D eigenvalue weighted by Gasteiger charge is 2.40. The van der Waals surface area contributed by atoms with Crippen molar-refractivity contribution in [3.05, 3.63) is 47.5 Å². The van der Waals surface area contributed by atoms with E-state index in [1.54, 1.807) is 64.1 Å². The van der Waals surface area contributed by atoms with Crippen molar-refractivity contribution < 1.29 is 17.4 Å². The van der Waals surface area contributed by atoms with E-state index < -0.39 is 27.6 Å². The molecule has 0 heterocycles. The Hall–Kier alpha value is -1.69. The molecule has 1 unspecified atom stereocenters. The van der Waals surface area contributed by atoms with E-state index in [1.807, 2.05) is 0 Å². The maximum Gasteiger partial charge on any atom is 0.434 e. The smallest absolute Gasteiger partial charge is 0.234 e. The first-order chi connectivity index (χ1) is 10.5. The molecule has 2 nitrogen and oxygen atoms in total. The van der Waals surface area contributed by atoms with E-state index >= 15 is 0 Å². The second-order valence-corrected chi connectivity index (χ2v) is 8.18. The molecule has 23 heavy (non-hydrogen) atoms. The molecule has 124 valence electrons. The summed E-state index contributed by atoms with van der Waals surface area (Å²) >= 11 is 0. The van der Waals surface area contributed by atoms with Crippen molar-refractivity contribution in [3.63, 3.8) is 0 Å². The van der Waals surface area contributed by atoms with Gasteiger partial charge in [-0.15, -0.1) is 0 Å². The fourth-order valence-electron chi connectivity index (χ4n) is 2.15. The first-order valence-electron chi connectivity index (χ1n) is 7.08. The van der Waals surface area contributed by atoms with E-state index in [1.165, 1.54) is 0 Å². The third-order valence-electron chi connectivity index (χ3n) is 3.34.